The third-order valence-corrected chi connectivity index (χ3v) is 5.81. The van der Waals surface area contributed by atoms with Crippen LogP contribution in [0.15, 0.2) is 83.8 Å². The first-order valence-corrected chi connectivity index (χ1v) is 10.6. The molecule has 4 aromatic carbocycles. The second kappa shape index (κ2) is 7.52. The maximum atomic E-state index is 13.0. The fourth-order valence-electron chi connectivity index (χ4n) is 3.19. The molecule has 4 nitrogen and oxygen atoms in total. The Bertz CT molecular complexity index is 1250. The molecule has 0 aliphatic rings. The molecular weight excluding hydrogens is 372 g/mol. The summed E-state index contributed by atoms with van der Waals surface area (Å²) in [6, 6.07) is 23.5. The number of benzene rings is 4. The topological polar surface area (TPSA) is 52.6 Å². The van der Waals surface area contributed by atoms with Crippen molar-refractivity contribution in [1.29, 1.82) is 0 Å². The highest BCUT2D eigenvalue weighted by atomic mass is 32.2. The summed E-state index contributed by atoms with van der Waals surface area (Å²) in [5.41, 5.74) is 0. The van der Waals surface area contributed by atoms with Crippen molar-refractivity contribution in [3.05, 3.63) is 78.9 Å². The van der Waals surface area contributed by atoms with Crippen molar-refractivity contribution in [2.45, 2.75) is 18.2 Å². The third-order valence-electron chi connectivity index (χ3n) is 4.50. The van der Waals surface area contributed by atoms with Crippen molar-refractivity contribution in [2.75, 3.05) is 6.61 Å². The van der Waals surface area contributed by atoms with Crippen LogP contribution >= 0.6 is 0 Å². The van der Waals surface area contributed by atoms with Gasteiger partial charge in [-0.1, -0.05) is 61.5 Å². The van der Waals surface area contributed by atoms with Gasteiger partial charge in [-0.2, -0.15) is 8.42 Å². The fraction of sp³-hybridized carbons (Fsp3) is 0.130. The number of hydrogen-bond donors (Lipinski definition) is 0. The molecule has 0 heterocycles. The smallest absolute Gasteiger partial charge is 0.339 e. The van der Waals surface area contributed by atoms with Crippen molar-refractivity contribution in [2.24, 2.45) is 0 Å². The van der Waals surface area contributed by atoms with Gasteiger partial charge in [0, 0.05) is 10.8 Å². The van der Waals surface area contributed by atoms with E-state index >= 15 is 0 Å². The molecule has 0 aromatic heterocycles. The van der Waals surface area contributed by atoms with E-state index in [-0.39, 0.29) is 10.6 Å². The molecule has 0 spiro atoms. The summed E-state index contributed by atoms with van der Waals surface area (Å²) in [6.45, 7) is 2.60. The number of ether oxygens (including phenoxy) is 1. The van der Waals surface area contributed by atoms with Crippen LogP contribution in [0.3, 0.4) is 0 Å². The Labute approximate surface area is 164 Å². The molecule has 0 amide bonds. The molecule has 0 saturated carbocycles. The average molecular weight is 392 g/mol. The van der Waals surface area contributed by atoms with Gasteiger partial charge in [-0.3, -0.25) is 0 Å². The predicted molar refractivity (Wildman–Crippen MR) is 111 cm³/mol. The minimum atomic E-state index is -4.00. The summed E-state index contributed by atoms with van der Waals surface area (Å²) in [6.07, 6.45) is 0.874. The molecule has 4 aromatic rings. The van der Waals surface area contributed by atoms with Crippen LogP contribution in [0, 0.1) is 0 Å². The Hall–Kier alpha value is -3.05. The summed E-state index contributed by atoms with van der Waals surface area (Å²) < 4.78 is 37.3. The molecule has 4 rings (SSSR count). The normalized spacial score (nSPS) is 11.6. The lowest BCUT2D eigenvalue weighted by Gasteiger charge is -2.13. The lowest BCUT2D eigenvalue weighted by Crippen LogP contribution is -2.10. The van der Waals surface area contributed by atoms with Crippen molar-refractivity contribution in [3.8, 4) is 11.5 Å². The van der Waals surface area contributed by atoms with Gasteiger partial charge < -0.3 is 8.92 Å². The van der Waals surface area contributed by atoms with Gasteiger partial charge in [0.25, 0.3) is 0 Å². The quantitative estimate of drug-likeness (QED) is 0.404. The standard InChI is InChI=1S/C23H20O4S/c1-2-15-26-22-13-14-23(21-10-6-5-9-20(21)22)28(24,25)27-19-12-11-17-7-3-4-8-18(17)16-19/h3-14,16H,2,15H2,1H3. The summed E-state index contributed by atoms with van der Waals surface area (Å²) >= 11 is 0. The average Bonchev–Trinajstić information content (AvgIpc) is 2.71. The SMILES string of the molecule is CCCOc1ccc(S(=O)(=O)Oc2ccc3ccccc3c2)c2ccccc12. The van der Waals surface area contributed by atoms with Crippen LogP contribution < -0.4 is 8.92 Å². The zero-order valence-corrected chi connectivity index (χ0v) is 16.3. The van der Waals surface area contributed by atoms with Crippen LogP contribution in [0.25, 0.3) is 21.5 Å². The highest BCUT2D eigenvalue weighted by Crippen LogP contribution is 2.33. The number of fused-ring (bicyclic) bond motifs is 2. The Kier molecular flexibility index (Phi) is 4.92. The highest BCUT2D eigenvalue weighted by Gasteiger charge is 2.21. The van der Waals surface area contributed by atoms with Crippen LogP contribution in [-0.4, -0.2) is 15.0 Å². The van der Waals surface area contributed by atoms with E-state index in [1.165, 1.54) is 0 Å². The van der Waals surface area contributed by atoms with Gasteiger partial charge in [-0.15, -0.1) is 0 Å². The van der Waals surface area contributed by atoms with Crippen LogP contribution in [0.2, 0.25) is 0 Å². The largest absolute Gasteiger partial charge is 0.493 e. The summed E-state index contributed by atoms with van der Waals surface area (Å²) in [7, 11) is -4.00. The molecule has 0 radical (unpaired) electrons. The van der Waals surface area contributed by atoms with E-state index in [0.717, 1.165) is 22.6 Å². The lowest BCUT2D eigenvalue weighted by atomic mass is 10.1. The molecule has 0 N–H and O–H groups in total. The Morgan fingerprint density at radius 1 is 0.786 bits per heavy atom. The van der Waals surface area contributed by atoms with E-state index in [4.69, 9.17) is 8.92 Å². The molecule has 28 heavy (non-hydrogen) atoms. The molecule has 0 aliphatic carbocycles. The number of hydrogen-bond acceptors (Lipinski definition) is 4. The van der Waals surface area contributed by atoms with Gasteiger partial charge in [0.05, 0.1) is 6.61 Å². The van der Waals surface area contributed by atoms with Crippen molar-refractivity contribution in [3.63, 3.8) is 0 Å². The molecule has 0 unspecified atom stereocenters. The first-order chi connectivity index (χ1) is 13.6. The minimum absolute atomic E-state index is 0.125. The third kappa shape index (κ3) is 3.53. The lowest BCUT2D eigenvalue weighted by molar-refractivity contribution is 0.321. The van der Waals surface area contributed by atoms with Gasteiger partial charge in [-0.25, -0.2) is 0 Å². The van der Waals surface area contributed by atoms with Crippen molar-refractivity contribution >= 4 is 31.7 Å². The van der Waals surface area contributed by atoms with E-state index < -0.39 is 10.1 Å². The Morgan fingerprint density at radius 3 is 2.29 bits per heavy atom. The van der Waals surface area contributed by atoms with E-state index in [0.29, 0.717) is 17.7 Å². The first kappa shape index (κ1) is 18.3. The fourth-order valence-corrected chi connectivity index (χ4v) is 4.32. The van der Waals surface area contributed by atoms with Crippen molar-refractivity contribution < 1.29 is 17.3 Å². The van der Waals surface area contributed by atoms with E-state index in [9.17, 15) is 8.42 Å². The second-order valence-electron chi connectivity index (χ2n) is 6.50. The monoisotopic (exact) mass is 392 g/mol. The van der Waals surface area contributed by atoms with Gasteiger partial charge in [0.2, 0.25) is 0 Å². The van der Waals surface area contributed by atoms with E-state index in [1.807, 2.05) is 49.4 Å². The van der Waals surface area contributed by atoms with Gasteiger partial charge in [0.1, 0.15) is 16.4 Å². The molecule has 0 bridgehead atoms. The summed E-state index contributed by atoms with van der Waals surface area (Å²) in [5, 5.41) is 3.27. The maximum absolute atomic E-state index is 13.0. The zero-order chi connectivity index (χ0) is 19.6. The Morgan fingerprint density at radius 2 is 1.50 bits per heavy atom. The van der Waals surface area contributed by atoms with Crippen molar-refractivity contribution in [1.82, 2.24) is 0 Å². The molecule has 5 heteroatoms. The molecule has 142 valence electrons. The number of rotatable bonds is 6. The molecule has 0 aliphatic heterocycles. The molecule has 0 fully saturated rings. The highest BCUT2D eigenvalue weighted by molar-refractivity contribution is 7.87. The maximum Gasteiger partial charge on any atom is 0.339 e. The first-order valence-electron chi connectivity index (χ1n) is 9.16. The minimum Gasteiger partial charge on any atom is -0.493 e. The van der Waals surface area contributed by atoms with E-state index in [2.05, 4.69) is 0 Å². The van der Waals surface area contributed by atoms with Crippen LogP contribution in [0.5, 0.6) is 11.5 Å². The van der Waals surface area contributed by atoms with Crippen LogP contribution in [-0.2, 0) is 10.1 Å². The predicted octanol–water partition coefficient (Wildman–Crippen LogP) is 5.55. The summed E-state index contributed by atoms with van der Waals surface area (Å²) in [4.78, 5) is 0.125. The van der Waals surface area contributed by atoms with Gasteiger partial charge in [0.15, 0.2) is 0 Å². The van der Waals surface area contributed by atoms with Gasteiger partial charge in [-0.05, 0) is 41.5 Å². The zero-order valence-electron chi connectivity index (χ0n) is 15.5. The molecule has 0 atom stereocenters. The summed E-state index contributed by atoms with van der Waals surface area (Å²) in [5.74, 6) is 0.955. The van der Waals surface area contributed by atoms with Crippen LogP contribution in [0.1, 0.15) is 13.3 Å². The Balaban J connectivity index is 1.75. The second-order valence-corrected chi connectivity index (χ2v) is 8.02. The molecule has 0 saturated heterocycles. The van der Waals surface area contributed by atoms with Gasteiger partial charge >= 0.3 is 10.1 Å². The van der Waals surface area contributed by atoms with E-state index in [1.54, 1.807) is 36.4 Å². The molecular formula is C23H20O4S. The van der Waals surface area contributed by atoms with Crippen LogP contribution in [0.4, 0.5) is 0 Å².